The molecule has 0 aliphatic carbocycles. The molecule has 5 nitrogen and oxygen atoms in total. The fraction of sp³-hybridized carbons (Fsp3) is 0.500. The van der Waals surface area contributed by atoms with Gasteiger partial charge in [-0.15, -0.1) is 0 Å². The Labute approximate surface area is 113 Å². The third kappa shape index (κ3) is 2.92. The van der Waals surface area contributed by atoms with Crippen LogP contribution in [-0.2, 0) is 6.54 Å². The van der Waals surface area contributed by atoms with Crippen LogP contribution in [0.4, 0.5) is 5.69 Å². The molecule has 1 fully saturated rings. The molecule has 1 aliphatic rings. The number of aryl methyl sites for hydroxylation is 1. The standard InChI is InChI=1S/C14H19N5/c1-12-7-14(4-5-16-12)18-6-2-3-13(8-18)9-19-11-15-10-17-19/h4-5,7,10-11,13H,2-3,6,8-9H2,1H3. The van der Waals surface area contributed by atoms with Crippen molar-refractivity contribution in [2.75, 3.05) is 18.0 Å². The highest BCUT2D eigenvalue weighted by Gasteiger charge is 2.20. The first-order valence-electron chi connectivity index (χ1n) is 6.81. The van der Waals surface area contributed by atoms with Gasteiger partial charge in [-0.2, -0.15) is 5.10 Å². The number of piperidine rings is 1. The first kappa shape index (κ1) is 12.1. The average Bonchev–Trinajstić information content (AvgIpc) is 2.92. The molecule has 3 heterocycles. The second kappa shape index (κ2) is 5.38. The van der Waals surface area contributed by atoms with E-state index < -0.39 is 0 Å². The summed E-state index contributed by atoms with van der Waals surface area (Å²) in [5.41, 5.74) is 2.37. The van der Waals surface area contributed by atoms with Gasteiger partial charge in [0.1, 0.15) is 12.7 Å². The van der Waals surface area contributed by atoms with Crippen LogP contribution in [0.1, 0.15) is 18.5 Å². The number of hydrogen-bond donors (Lipinski definition) is 0. The van der Waals surface area contributed by atoms with Crippen LogP contribution in [0.15, 0.2) is 31.0 Å². The minimum Gasteiger partial charge on any atom is -0.371 e. The van der Waals surface area contributed by atoms with Gasteiger partial charge < -0.3 is 4.90 Å². The van der Waals surface area contributed by atoms with Gasteiger partial charge in [0.05, 0.1) is 0 Å². The Morgan fingerprint density at radius 3 is 3.16 bits per heavy atom. The van der Waals surface area contributed by atoms with Crippen molar-refractivity contribution in [3.63, 3.8) is 0 Å². The molecule has 1 saturated heterocycles. The molecule has 0 aromatic carbocycles. The summed E-state index contributed by atoms with van der Waals surface area (Å²) in [7, 11) is 0. The number of nitrogens with zero attached hydrogens (tertiary/aromatic N) is 5. The van der Waals surface area contributed by atoms with Crippen molar-refractivity contribution in [1.82, 2.24) is 19.7 Å². The number of rotatable bonds is 3. The van der Waals surface area contributed by atoms with Crippen molar-refractivity contribution < 1.29 is 0 Å². The molecule has 19 heavy (non-hydrogen) atoms. The highest BCUT2D eigenvalue weighted by Crippen LogP contribution is 2.24. The highest BCUT2D eigenvalue weighted by atomic mass is 15.3. The second-order valence-corrected chi connectivity index (χ2v) is 5.23. The minimum atomic E-state index is 0.643. The molecule has 2 aromatic heterocycles. The molecule has 0 bridgehead atoms. The summed E-state index contributed by atoms with van der Waals surface area (Å²) in [5, 5.41) is 4.20. The zero-order chi connectivity index (χ0) is 13.1. The SMILES string of the molecule is Cc1cc(N2CCCC(Cn3cncn3)C2)ccn1. The molecular formula is C14H19N5. The molecule has 0 amide bonds. The number of aromatic nitrogens is 4. The maximum atomic E-state index is 4.27. The fourth-order valence-corrected chi connectivity index (χ4v) is 2.77. The van der Waals surface area contributed by atoms with Gasteiger partial charge in [0, 0.05) is 37.2 Å². The zero-order valence-electron chi connectivity index (χ0n) is 11.2. The van der Waals surface area contributed by atoms with Gasteiger partial charge in [-0.05, 0) is 37.8 Å². The van der Waals surface area contributed by atoms with Gasteiger partial charge in [0.15, 0.2) is 0 Å². The van der Waals surface area contributed by atoms with E-state index in [-0.39, 0.29) is 0 Å². The van der Waals surface area contributed by atoms with Crippen molar-refractivity contribution in [1.29, 1.82) is 0 Å². The van der Waals surface area contributed by atoms with E-state index in [0.29, 0.717) is 5.92 Å². The van der Waals surface area contributed by atoms with Crippen molar-refractivity contribution in [2.45, 2.75) is 26.3 Å². The average molecular weight is 257 g/mol. The largest absolute Gasteiger partial charge is 0.371 e. The van der Waals surface area contributed by atoms with Gasteiger partial charge in [0.25, 0.3) is 0 Å². The number of anilines is 1. The van der Waals surface area contributed by atoms with Crippen LogP contribution in [0.25, 0.3) is 0 Å². The molecule has 0 radical (unpaired) electrons. The Balaban J connectivity index is 1.67. The minimum absolute atomic E-state index is 0.643. The Bertz CT molecular complexity index is 522. The van der Waals surface area contributed by atoms with Crippen LogP contribution in [0.5, 0.6) is 0 Å². The van der Waals surface area contributed by atoms with Crippen molar-refractivity contribution >= 4 is 5.69 Å². The number of hydrogen-bond acceptors (Lipinski definition) is 4. The Hall–Kier alpha value is -1.91. The maximum Gasteiger partial charge on any atom is 0.137 e. The van der Waals surface area contributed by atoms with E-state index in [1.54, 1.807) is 12.7 Å². The van der Waals surface area contributed by atoms with Crippen LogP contribution in [0.3, 0.4) is 0 Å². The van der Waals surface area contributed by atoms with Gasteiger partial charge in [0.2, 0.25) is 0 Å². The molecule has 0 spiro atoms. The summed E-state index contributed by atoms with van der Waals surface area (Å²) in [4.78, 5) is 10.7. The third-order valence-electron chi connectivity index (χ3n) is 3.68. The van der Waals surface area contributed by atoms with Gasteiger partial charge >= 0.3 is 0 Å². The summed E-state index contributed by atoms with van der Waals surface area (Å²) in [5.74, 6) is 0.643. The normalized spacial score (nSPS) is 19.6. The van der Waals surface area contributed by atoms with E-state index in [9.17, 15) is 0 Å². The predicted molar refractivity (Wildman–Crippen MR) is 73.9 cm³/mol. The van der Waals surface area contributed by atoms with Crippen molar-refractivity contribution in [2.24, 2.45) is 5.92 Å². The molecule has 0 N–H and O–H groups in total. The molecular weight excluding hydrogens is 238 g/mol. The fourth-order valence-electron chi connectivity index (χ4n) is 2.77. The summed E-state index contributed by atoms with van der Waals surface area (Å²) in [6.45, 7) is 5.22. The lowest BCUT2D eigenvalue weighted by Gasteiger charge is -2.34. The lowest BCUT2D eigenvalue weighted by molar-refractivity contribution is 0.351. The molecule has 1 unspecified atom stereocenters. The van der Waals surface area contributed by atoms with Crippen molar-refractivity contribution in [3.05, 3.63) is 36.7 Å². The van der Waals surface area contributed by atoms with E-state index in [1.165, 1.54) is 18.5 Å². The maximum absolute atomic E-state index is 4.27. The van der Waals surface area contributed by atoms with Gasteiger partial charge in [-0.1, -0.05) is 0 Å². The summed E-state index contributed by atoms with van der Waals surface area (Å²) >= 11 is 0. The molecule has 3 rings (SSSR count). The topological polar surface area (TPSA) is 46.8 Å². The quantitative estimate of drug-likeness (QED) is 0.842. The zero-order valence-corrected chi connectivity index (χ0v) is 11.2. The molecule has 100 valence electrons. The van der Waals surface area contributed by atoms with E-state index in [4.69, 9.17) is 0 Å². The lowest BCUT2D eigenvalue weighted by atomic mass is 9.97. The summed E-state index contributed by atoms with van der Waals surface area (Å²) in [6, 6.07) is 4.27. The van der Waals surface area contributed by atoms with Crippen LogP contribution >= 0.6 is 0 Å². The molecule has 5 heteroatoms. The first-order valence-corrected chi connectivity index (χ1v) is 6.81. The predicted octanol–water partition coefficient (Wildman–Crippen LogP) is 1.90. The van der Waals surface area contributed by atoms with Crippen LogP contribution in [-0.4, -0.2) is 32.8 Å². The summed E-state index contributed by atoms with van der Waals surface area (Å²) in [6.07, 6.45) is 7.80. The van der Waals surface area contributed by atoms with E-state index >= 15 is 0 Å². The van der Waals surface area contributed by atoms with Gasteiger partial charge in [-0.25, -0.2) is 4.98 Å². The van der Waals surface area contributed by atoms with Crippen LogP contribution < -0.4 is 4.90 Å². The van der Waals surface area contributed by atoms with E-state index in [0.717, 1.165) is 25.3 Å². The Kier molecular flexibility index (Phi) is 3.44. The first-order chi connectivity index (χ1) is 9.31. The van der Waals surface area contributed by atoms with Crippen LogP contribution in [0.2, 0.25) is 0 Å². The molecule has 1 atom stereocenters. The van der Waals surface area contributed by atoms with Gasteiger partial charge in [-0.3, -0.25) is 9.67 Å². The number of pyridine rings is 1. The van der Waals surface area contributed by atoms with Crippen LogP contribution in [0, 0.1) is 12.8 Å². The monoisotopic (exact) mass is 257 g/mol. The molecule has 1 aliphatic heterocycles. The smallest absolute Gasteiger partial charge is 0.137 e. The third-order valence-corrected chi connectivity index (χ3v) is 3.68. The Morgan fingerprint density at radius 1 is 1.42 bits per heavy atom. The highest BCUT2D eigenvalue weighted by molar-refractivity contribution is 5.46. The van der Waals surface area contributed by atoms with E-state index in [2.05, 4.69) is 32.1 Å². The Morgan fingerprint density at radius 2 is 2.37 bits per heavy atom. The molecule has 2 aromatic rings. The summed E-state index contributed by atoms with van der Waals surface area (Å²) < 4.78 is 1.94. The van der Waals surface area contributed by atoms with Crippen molar-refractivity contribution in [3.8, 4) is 0 Å². The second-order valence-electron chi connectivity index (χ2n) is 5.23. The lowest BCUT2D eigenvalue weighted by Crippen LogP contribution is -2.37. The molecule has 0 saturated carbocycles. The van der Waals surface area contributed by atoms with E-state index in [1.807, 2.05) is 17.8 Å².